The lowest BCUT2D eigenvalue weighted by molar-refractivity contribution is 0.0977. The maximum atomic E-state index is 11.2. The topological polar surface area (TPSA) is 102 Å². The van der Waals surface area contributed by atoms with E-state index in [2.05, 4.69) is 0 Å². The summed E-state index contributed by atoms with van der Waals surface area (Å²) in [7, 11) is 0. The Morgan fingerprint density at radius 1 is 1.05 bits per heavy atom. The molecule has 0 bridgehead atoms. The second-order valence-corrected chi connectivity index (χ2v) is 4.47. The number of aromatic hydroxyl groups is 1. The highest BCUT2D eigenvalue weighted by molar-refractivity contribution is 6.05. The molecule has 0 unspecified atom stereocenters. The molecule has 0 radical (unpaired) electrons. The van der Waals surface area contributed by atoms with E-state index in [1.807, 2.05) is 12.1 Å². The number of benzene rings is 2. The van der Waals surface area contributed by atoms with Gasteiger partial charge in [-0.25, -0.2) is 0 Å². The molecule has 1 amide bonds. The molecule has 0 saturated heterocycles. The number of carbonyl (C=O) groups is 1. The van der Waals surface area contributed by atoms with Gasteiger partial charge in [0, 0.05) is 5.39 Å². The van der Waals surface area contributed by atoms with Crippen molar-refractivity contribution in [2.45, 2.75) is 0 Å². The van der Waals surface area contributed by atoms with E-state index >= 15 is 0 Å². The van der Waals surface area contributed by atoms with Gasteiger partial charge in [-0.05, 0) is 35.4 Å². The maximum Gasteiger partial charge on any atom is 0.286 e. The van der Waals surface area contributed by atoms with E-state index in [4.69, 9.17) is 15.9 Å². The van der Waals surface area contributed by atoms with Crippen LogP contribution in [-0.2, 0) is 0 Å². The molecular weight excluding hydrogens is 256 g/mol. The lowest BCUT2D eigenvalue weighted by Gasteiger charge is -2.02. The Bertz CT molecular complexity index is 804. The molecule has 3 aromatic rings. The highest BCUT2D eigenvalue weighted by atomic mass is 16.3. The minimum absolute atomic E-state index is 0.0251. The lowest BCUT2D eigenvalue weighted by atomic mass is 10.0. The molecular formula is C15H12N2O3. The molecule has 20 heavy (non-hydrogen) atoms. The summed E-state index contributed by atoms with van der Waals surface area (Å²) < 4.78 is 5.33. The molecule has 0 saturated carbocycles. The molecule has 5 nitrogen and oxygen atoms in total. The van der Waals surface area contributed by atoms with Crippen LogP contribution in [0.3, 0.4) is 0 Å². The monoisotopic (exact) mass is 268 g/mol. The lowest BCUT2D eigenvalue weighted by Crippen LogP contribution is -2.11. The molecule has 0 spiro atoms. The number of carbonyl (C=O) groups excluding carboxylic acids is 1. The van der Waals surface area contributed by atoms with Gasteiger partial charge >= 0.3 is 0 Å². The number of nitrogens with two attached hydrogens (primary N) is 2. The largest absolute Gasteiger partial charge is 0.508 e. The Morgan fingerprint density at radius 3 is 2.35 bits per heavy atom. The van der Waals surface area contributed by atoms with Crippen LogP contribution in [0.2, 0.25) is 0 Å². The first-order valence-corrected chi connectivity index (χ1v) is 5.97. The van der Waals surface area contributed by atoms with Crippen molar-refractivity contribution in [1.82, 2.24) is 0 Å². The standard InChI is InChI=1S/C15H12N2O3/c16-13-11-7-9(8-1-4-10(18)5-2-8)3-6-12(11)20-14(13)15(17)19/h1-7,18H,16H2,(H2,17,19). The van der Waals surface area contributed by atoms with Gasteiger partial charge in [-0.1, -0.05) is 18.2 Å². The Labute approximate surface area is 114 Å². The second-order valence-electron chi connectivity index (χ2n) is 4.47. The number of primary amides is 1. The van der Waals surface area contributed by atoms with Crippen LogP contribution in [-0.4, -0.2) is 11.0 Å². The molecule has 2 aromatic carbocycles. The fraction of sp³-hybridized carbons (Fsp3) is 0. The number of amides is 1. The van der Waals surface area contributed by atoms with Crippen LogP contribution in [0, 0.1) is 0 Å². The zero-order valence-electron chi connectivity index (χ0n) is 10.5. The number of nitrogen functional groups attached to an aromatic ring is 1. The van der Waals surface area contributed by atoms with Crippen molar-refractivity contribution in [3.63, 3.8) is 0 Å². The smallest absolute Gasteiger partial charge is 0.286 e. The summed E-state index contributed by atoms with van der Waals surface area (Å²) in [6.07, 6.45) is 0. The fourth-order valence-corrected chi connectivity index (χ4v) is 2.13. The summed E-state index contributed by atoms with van der Waals surface area (Å²) in [4.78, 5) is 11.2. The zero-order valence-corrected chi connectivity index (χ0v) is 10.5. The van der Waals surface area contributed by atoms with Crippen LogP contribution in [0.5, 0.6) is 5.75 Å². The Balaban J connectivity index is 2.17. The number of hydrogen-bond acceptors (Lipinski definition) is 4. The van der Waals surface area contributed by atoms with Crippen molar-refractivity contribution >= 4 is 22.6 Å². The van der Waals surface area contributed by atoms with Crippen molar-refractivity contribution in [3.05, 3.63) is 48.2 Å². The van der Waals surface area contributed by atoms with E-state index in [1.165, 1.54) is 0 Å². The summed E-state index contributed by atoms with van der Waals surface area (Å²) in [6.45, 7) is 0. The third-order valence-electron chi connectivity index (χ3n) is 3.15. The van der Waals surface area contributed by atoms with Crippen LogP contribution in [0.15, 0.2) is 46.9 Å². The second kappa shape index (κ2) is 4.31. The highest BCUT2D eigenvalue weighted by Gasteiger charge is 2.16. The third kappa shape index (κ3) is 1.85. The average molecular weight is 268 g/mol. The van der Waals surface area contributed by atoms with Crippen LogP contribution in [0.4, 0.5) is 5.69 Å². The van der Waals surface area contributed by atoms with Crippen molar-refractivity contribution in [2.75, 3.05) is 5.73 Å². The van der Waals surface area contributed by atoms with E-state index in [0.717, 1.165) is 11.1 Å². The van der Waals surface area contributed by atoms with Gasteiger partial charge in [0.1, 0.15) is 11.3 Å². The molecule has 0 aliphatic rings. The first-order chi connectivity index (χ1) is 9.56. The fourth-order valence-electron chi connectivity index (χ4n) is 2.13. The van der Waals surface area contributed by atoms with E-state index in [-0.39, 0.29) is 17.2 Å². The number of anilines is 1. The van der Waals surface area contributed by atoms with Gasteiger partial charge in [-0.3, -0.25) is 4.79 Å². The SMILES string of the molecule is NC(=O)c1oc2ccc(-c3ccc(O)cc3)cc2c1N. The van der Waals surface area contributed by atoms with Gasteiger partial charge in [0.15, 0.2) is 0 Å². The van der Waals surface area contributed by atoms with E-state index in [0.29, 0.717) is 11.0 Å². The van der Waals surface area contributed by atoms with Gasteiger partial charge in [0.25, 0.3) is 5.91 Å². The van der Waals surface area contributed by atoms with Crippen LogP contribution < -0.4 is 11.5 Å². The molecule has 0 fully saturated rings. The number of phenols is 1. The number of fused-ring (bicyclic) bond motifs is 1. The summed E-state index contributed by atoms with van der Waals surface area (Å²) in [5.41, 5.74) is 13.7. The average Bonchev–Trinajstić information content (AvgIpc) is 2.77. The molecule has 0 atom stereocenters. The molecule has 5 N–H and O–H groups in total. The predicted octanol–water partition coefficient (Wildman–Crippen LogP) is 2.49. The van der Waals surface area contributed by atoms with E-state index in [9.17, 15) is 9.90 Å². The number of phenolic OH excluding ortho intramolecular Hbond substituents is 1. The first kappa shape index (κ1) is 12.1. The van der Waals surface area contributed by atoms with Gasteiger partial charge in [0.05, 0.1) is 5.69 Å². The van der Waals surface area contributed by atoms with Gasteiger partial charge in [0.2, 0.25) is 5.76 Å². The van der Waals surface area contributed by atoms with Gasteiger partial charge in [-0.2, -0.15) is 0 Å². The summed E-state index contributed by atoms with van der Waals surface area (Å²) in [5, 5.41) is 9.94. The van der Waals surface area contributed by atoms with Crippen LogP contribution in [0.25, 0.3) is 22.1 Å². The summed E-state index contributed by atoms with van der Waals surface area (Å²) >= 11 is 0. The van der Waals surface area contributed by atoms with E-state index < -0.39 is 5.91 Å². The molecule has 0 aliphatic carbocycles. The Morgan fingerprint density at radius 2 is 1.70 bits per heavy atom. The van der Waals surface area contributed by atoms with Crippen molar-refractivity contribution < 1.29 is 14.3 Å². The maximum absolute atomic E-state index is 11.2. The van der Waals surface area contributed by atoms with Crippen LogP contribution in [0.1, 0.15) is 10.6 Å². The Kier molecular flexibility index (Phi) is 2.61. The molecule has 3 rings (SSSR count). The molecule has 100 valence electrons. The van der Waals surface area contributed by atoms with Crippen molar-refractivity contribution in [3.8, 4) is 16.9 Å². The number of hydrogen-bond donors (Lipinski definition) is 3. The normalized spacial score (nSPS) is 10.8. The third-order valence-corrected chi connectivity index (χ3v) is 3.15. The molecule has 1 heterocycles. The minimum atomic E-state index is -0.690. The molecule has 1 aromatic heterocycles. The van der Waals surface area contributed by atoms with Gasteiger partial charge < -0.3 is 21.0 Å². The Hall–Kier alpha value is -2.95. The summed E-state index contributed by atoms with van der Waals surface area (Å²) in [6, 6.07) is 12.2. The molecule has 0 aliphatic heterocycles. The quantitative estimate of drug-likeness (QED) is 0.664. The first-order valence-electron chi connectivity index (χ1n) is 5.97. The van der Waals surface area contributed by atoms with E-state index in [1.54, 1.807) is 30.3 Å². The predicted molar refractivity (Wildman–Crippen MR) is 76.2 cm³/mol. The minimum Gasteiger partial charge on any atom is -0.508 e. The van der Waals surface area contributed by atoms with Crippen LogP contribution >= 0.6 is 0 Å². The van der Waals surface area contributed by atoms with Gasteiger partial charge in [-0.15, -0.1) is 0 Å². The zero-order chi connectivity index (χ0) is 14.3. The van der Waals surface area contributed by atoms with Crippen molar-refractivity contribution in [2.24, 2.45) is 5.73 Å². The van der Waals surface area contributed by atoms with Crippen molar-refractivity contribution in [1.29, 1.82) is 0 Å². The number of rotatable bonds is 2. The number of furan rings is 1. The highest BCUT2D eigenvalue weighted by Crippen LogP contribution is 2.32. The molecule has 5 heteroatoms. The summed E-state index contributed by atoms with van der Waals surface area (Å²) in [5.74, 6) is -0.513.